The van der Waals surface area contributed by atoms with Crippen LogP contribution in [0.4, 0.5) is 0 Å². The zero-order valence-electron chi connectivity index (χ0n) is 14.1. The Labute approximate surface area is 125 Å². The molecular formula is C18H33NO. The van der Waals surface area contributed by atoms with Gasteiger partial charge in [0.25, 0.3) is 0 Å². The van der Waals surface area contributed by atoms with Crippen LogP contribution in [0.15, 0.2) is 0 Å². The molecule has 0 spiro atoms. The standard InChI is InChI=1S/C18H33NO/c1-6-15-16(7-2)19(14-11-9-8-10-12-14)13(3)17(4)18(15,5)20-17/h13-16H,6-12H2,1-5H3/t13-,15-,16-,17+,18-/m1/s1. The van der Waals surface area contributed by atoms with Crippen molar-refractivity contribution in [3.63, 3.8) is 0 Å². The van der Waals surface area contributed by atoms with Gasteiger partial charge in [-0.05, 0) is 46.5 Å². The van der Waals surface area contributed by atoms with E-state index in [1.54, 1.807) is 0 Å². The summed E-state index contributed by atoms with van der Waals surface area (Å²) < 4.78 is 6.38. The average Bonchev–Trinajstić information content (AvgIpc) is 3.04. The second-order valence-electron chi connectivity index (χ2n) is 7.72. The third kappa shape index (κ3) is 1.83. The van der Waals surface area contributed by atoms with Crippen LogP contribution >= 0.6 is 0 Å². The van der Waals surface area contributed by atoms with Crippen molar-refractivity contribution in [2.75, 3.05) is 0 Å². The molecule has 0 aromatic rings. The Hall–Kier alpha value is -0.0800. The van der Waals surface area contributed by atoms with E-state index in [0.717, 1.165) is 12.1 Å². The molecule has 0 amide bonds. The maximum Gasteiger partial charge on any atom is 0.110 e. The predicted octanol–water partition coefficient (Wildman–Crippen LogP) is 4.38. The van der Waals surface area contributed by atoms with Gasteiger partial charge >= 0.3 is 0 Å². The topological polar surface area (TPSA) is 15.8 Å². The molecule has 2 aliphatic heterocycles. The zero-order chi connectivity index (χ0) is 14.5. The third-order valence-electron chi connectivity index (χ3n) is 7.02. The van der Waals surface area contributed by atoms with Gasteiger partial charge in [0, 0.05) is 24.0 Å². The summed E-state index contributed by atoms with van der Waals surface area (Å²) in [5, 5.41) is 0. The molecule has 0 N–H and O–H groups in total. The van der Waals surface area contributed by atoms with Crippen LogP contribution in [0.2, 0.25) is 0 Å². The summed E-state index contributed by atoms with van der Waals surface area (Å²) in [4.78, 5) is 2.89. The van der Waals surface area contributed by atoms with Crippen molar-refractivity contribution in [1.29, 1.82) is 0 Å². The fourth-order valence-electron chi connectivity index (χ4n) is 5.63. The Morgan fingerprint density at radius 2 is 1.65 bits per heavy atom. The number of piperidine rings is 1. The van der Waals surface area contributed by atoms with Gasteiger partial charge in [-0.25, -0.2) is 0 Å². The molecule has 0 aromatic carbocycles. The summed E-state index contributed by atoms with van der Waals surface area (Å²) >= 11 is 0. The smallest absolute Gasteiger partial charge is 0.110 e. The first-order chi connectivity index (χ1) is 9.49. The monoisotopic (exact) mass is 279 g/mol. The highest BCUT2D eigenvalue weighted by Gasteiger charge is 2.74. The quantitative estimate of drug-likeness (QED) is 0.713. The molecule has 2 heterocycles. The second-order valence-corrected chi connectivity index (χ2v) is 7.72. The lowest BCUT2D eigenvalue weighted by Crippen LogP contribution is -2.63. The van der Waals surface area contributed by atoms with E-state index in [0.29, 0.717) is 12.0 Å². The highest BCUT2D eigenvalue weighted by Crippen LogP contribution is 2.62. The van der Waals surface area contributed by atoms with Crippen LogP contribution in [0.3, 0.4) is 0 Å². The lowest BCUT2D eigenvalue weighted by molar-refractivity contribution is -0.0235. The minimum absolute atomic E-state index is 0.0940. The van der Waals surface area contributed by atoms with E-state index in [-0.39, 0.29) is 11.2 Å². The van der Waals surface area contributed by atoms with E-state index < -0.39 is 0 Å². The second kappa shape index (κ2) is 4.98. The lowest BCUT2D eigenvalue weighted by Gasteiger charge is -2.52. The van der Waals surface area contributed by atoms with E-state index in [1.165, 1.54) is 44.9 Å². The van der Waals surface area contributed by atoms with Crippen LogP contribution in [-0.4, -0.2) is 34.2 Å². The van der Waals surface area contributed by atoms with Crippen LogP contribution in [0.1, 0.15) is 79.6 Å². The van der Waals surface area contributed by atoms with Gasteiger partial charge in [0.2, 0.25) is 0 Å². The Bertz CT molecular complexity index is 364. The summed E-state index contributed by atoms with van der Waals surface area (Å²) in [7, 11) is 0. The zero-order valence-corrected chi connectivity index (χ0v) is 14.1. The van der Waals surface area contributed by atoms with E-state index in [2.05, 4.69) is 39.5 Å². The molecule has 3 fully saturated rings. The van der Waals surface area contributed by atoms with Crippen molar-refractivity contribution >= 4 is 0 Å². The van der Waals surface area contributed by atoms with Gasteiger partial charge in [-0.1, -0.05) is 33.1 Å². The maximum atomic E-state index is 6.38. The molecule has 116 valence electrons. The van der Waals surface area contributed by atoms with Gasteiger partial charge in [-0.2, -0.15) is 0 Å². The van der Waals surface area contributed by atoms with Crippen LogP contribution in [0.25, 0.3) is 0 Å². The Balaban J connectivity index is 1.90. The summed E-state index contributed by atoms with van der Waals surface area (Å²) in [6, 6.07) is 2.10. The van der Waals surface area contributed by atoms with Crippen molar-refractivity contribution < 1.29 is 4.74 Å². The molecule has 3 aliphatic rings. The van der Waals surface area contributed by atoms with Crippen LogP contribution in [-0.2, 0) is 4.74 Å². The van der Waals surface area contributed by atoms with Gasteiger partial charge in [-0.15, -0.1) is 0 Å². The van der Waals surface area contributed by atoms with Gasteiger partial charge in [-0.3, -0.25) is 4.90 Å². The first kappa shape index (κ1) is 14.8. The van der Waals surface area contributed by atoms with Crippen LogP contribution in [0.5, 0.6) is 0 Å². The minimum atomic E-state index is 0.0940. The fourth-order valence-corrected chi connectivity index (χ4v) is 5.63. The van der Waals surface area contributed by atoms with Crippen molar-refractivity contribution in [2.45, 2.75) is 109 Å². The summed E-state index contributed by atoms with van der Waals surface area (Å²) in [5.74, 6) is 0.704. The Morgan fingerprint density at radius 3 is 2.20 bits per heavy atom. The van der Waals surface area contributed by atoms with Crippen LogP contribution < -0.4 is 0 Å². The van der Waals surface area contributed by atoms with Crippen LogP contribution in [0, 0.1) is 5.92 Å². The number of likely N-dealkylation sites (tertiary alicyclic amines) is 1. The van der Waals surface area contributed by atoms with Gasteiger partial charge < -0.3 is 4.74 Å². The number of ether oxygens (including phenoxy) is 1. The van der Waals surface area contributed by atoms with Crippen molar-refractivity contribution in [3.05, 3.63) is 0 Å². The molecule has 1 saturated carbocycles. The molecule has 1 aliphatic carbocycles. The summed E-state index contributed by atoms with van der Waals surface area (Å²) in [5.41, 5.74) is 0.226. The van der Waals surface area contributed by atoms with Crippen molar-refractivity contribution in [3.8, 4) is 0 Å². The average molecular weight is 279 g/mol. The largest absolute Gasteiger partial charge is 0.361 e. The minimum Gasteiger partial charge on any atom is -0.361 e. The van der Waals surface area contributed by atoms with Gasteiger partial charge in [0.05, 0.1) is 0 Å². The number of rotatable bonds is 3. The maximum absolute atomic E-state index is 6.38. The first-order valence-electron chi connectivity index (χ1n) is 8.97. The molecule has 2 heteroatoms. The number of epoxide rings is 1. The number of nitrogens with zero attached hydrogens (tertiary/aromatic N) is 1. The molecule has 2 saturated heterocycles. The first-order valence-corrected chi connectivity index (χ1v) is 8.97. The predicted molar refractivity (Wildman–Crippen MR) is 83.9 cm³/mol. The number of hydrogen-bond acceptors (Lipinski definition) is 2. The Kier molecular flexibility index (Phi) is 3.70. The van der Waals surface area contributed by atoms with E-state index in [1.807, 2.05) is 0 Å². The molecule has 5 atom stereocenters. The fraction of sp³-hybridized carbons (Fsp3) is 1.00. The summed E-state index contributed by atoms with van der Waals surface area (Å²) in [6.45, 7) is 11.9. The summed E-state index contributed by atoms with van der Waals surface area (Å²) in [6.07, 6.45) is 9.63. The SMILES string of the molecule is CC[C@@H]1[C@@H](CC)[C@@]2(C)O[C@@]2(C)[C@@H](C)N1C1CCCCC1. The molecule has 0 unspecified atom stereocenters. The molecule has 0 bridgehead atoms. The molecular weight excluding hydrogens is 246 g/mol. The highest BCUT2D eigenvalue weighted by molar-refractivity contribution is 5.24. The van der Waals surface area contributed by atoms with E-state index >= 15 is 0 Å². The molecule has 0 aromatic heterocycles. The number of fused-ring (bicyclic) bond motifs is 1. The van der Waals surface area contributed by atoms with Crippen molar-refractivity contribution in [1.82, 2.24) is 4.90 Å². The third-order valence-corrected chi connectivity index (χ3v) is 7.02. The van der Waals surface area contributed by atoms with E-state index in [9.17, 15) is 0 Å². The molecule has 20 heavy (non-hydrogen) atoms. The highest BCUT2D eigenvalue weighted by atomic mass is 16.6. The Morgan fingerprint density at radius 1 is 1.00 bits per heavy atom. The van der Waals surface area contributed by atoms with Gasteiger partial charge in [0.15, 0.2) is 0 Å². The molecule has 2 nitrogen and oxygen atoms in total. The number of hydrogen-bond donors (Lipinski definition) is 0. The van der Waals surface area contributed by atoms with Crippen molar-refractivity contribution in [2.24, 2.45) is 5.92 Å². The molecule has 0 radical (unpaired) electrons. The van der Waals surface area contributed by atoms with E-state index in [4.69, 9.17) is 4.74 Å². The molecule has 3 rings (SSSR count). The normalized spacial score (nSPS) is 50.0. The lowest BCUT2D eigenvalue weighted by atomic mass is 9.68. The van der Waals surface area contributed by atoms with Gasteiger partial charge in [0.1, 0.15) is 11.2 Å².